The molecule has 0 bridgehead atoms. The van der Waals surface area contributed by atoms with Crippen LogP contribution in [0.3, 0.4) is 0 Å². The zero-order valence-corrected chi connectivity index (χ0v) is 12.8. The molecule has 0 aliphatic rings. The molecule has 1 aromatic rings. The normalized spacial score (nSPS) is 10.1. The summed E-state index contributed by atoms with van der Waals surface area (Å²) in [7, 11) is 0. The number of hydrogen-bond donors (Lipinski definition) is 3. The lowest BCUT2D eigenvalue weighted by Gasteiger charge is -2.06. The number of amides is 1. The second-order valence-electron chi connectivity index (χ2n) is 4.23. The fourth-order valence-corrected chi connectivity index (χ4v) is 2.71. The minimum atomic E-state index is -1.22. The van der Waals surface area contributed by atoms with Crippen LogP contribution in [0.25, 0.3) is 0 Å². The van der Waals surface area contributed by atoms with Gasteiger partial charge in [0, 0.05) is 6.42 Å². The summed E-state index contributed by atoms with van der Waals surface area (Å²) in [5.41, 5.74) is 0.178. The van der Waals surface area contributed by atoms with Crippen molar-refractivity contribution in [2.24, 2.45) is 0 Å². The van der Waals surface area contributed by atoms with Gasteiger partial charge in [-0.05, 0) is 19.4 Å². The summed E-state index contributed by atoms with van der Waals surface area (Å²) in [6, 6.07) is 0. The van der Waals surface area contributed by atoms with Gasteiger partial charge in [0.05, 0.1) is 18.6 Å². The van der Waals surface area contributed by atoms with Crippen molar-refractivity contribution in [3.63, 3.8) is 0 Å². The quantitative estimate of drug-likeness (QED) is 0.649. The molecule has 1 rings (SSSR count). The maximum absolute atomic E-state index is 11.9. The van der Waals surface area contributed by atoms with Crippen molar-refractivity contribution in [3.8, 4) is 0 Å². The summed E-state index contributed by atoms with van der Waals surface area (Å²) < 4.78 is 4.85. The Morgan fingerprint density at radius 3 is 2.32 bits per heavy atom. The fourth-order valence-electron chi connectivity index (χ4n) is 1.66. The number of carbonyl (C=O) groups excluding carboxylic acids is 2. The molecule has 120 valence electrons. The second kappa shape index (κ2) is 7.55. The summed E-state index contributed by atoms with van der Waals surface area (Å²) in [6.07, 6.45) is -0.645. The number of anilines is 1. The highest BCUT2D eigenvalue weighted by Crippen LogP contribution is 2.33. The van der Waals surface area contributed by atoms with Crippen molar-refractivity contribution < 1.29 is 34.1 Å². The monoisotopic (exact) mass is 329 g/mol. The van der Waals surface area contributed by atoms with Gasteiger partial charge in [0.15, 0.2) is 0 Å². The van der Waals surface area contributed by atoms with Crippen LogP contribution in [0.1, 0.15) is 45.4 Å². The van der Waals surface area contributed by atoms with E-state index in [9.17, 15) is 19.2 Å². The van der Waals surface area contributed by atoms with Gasteiger partial charge in [-0.15, -0.1) is 11.3 Å². The molecule has 0 spiro atoms. The average Bonchev–Trinajstić information content (AvgIpc) is 2.73. The minimum absolute atomic E-state index is 0.0204. The van der Waals surface area contributed by atoms with E-state index in [-0.39, 0.29) is 40.5 Å². The summed E-state index contributed by atoms with van der Waals surface area (Å²) in [4.78, 5) is 45.1. The van der Waals surface area contributed by atoms with Crippen molar-refractivity contribution in [2.45, 2.75) is 26.7 Å². The number of ether oxygens (including phenoxy) is 1. The van der Waals surface area contributed by atoms with Crippen molar-refractivity contribution in [2.75, 3.05) is 11.9 Å². The van der Waals surface area contributed by atoms with Crippen LogP contribution in [0.15, 0.2) is 0 Å². The van der Waals surface area contributed by atoms with E-state index in [0.29, 0.717) is 0 Å². The smallest absolute Gasteiger partial charge is 0.346 e. The third-order valence-electron chi connectivity index (χ3n) is 2.64. The number of carboxylic acids is 2. The zero-order valence-electron chi connectivity index (χ0n) is 12.0. The number of thiophene rings is 1. The number of esters is 1. The molecule has 1 aromatic heterocycles. The molecule has 0 aliphatic heterocycles. The van der Waals surface area contributed by atoms with Crippen molar-refractivity contribution in [3.05, 3.63) is 16.0 Å². The first kappa shape index (κ1) is 17.6. The fraction of sp³-hybridized carbons (Fsp3) is 0.385. The molecule has 0 unspecified atom stereocenters. The highest BCUT2D eigenvalue weighted by atomic mass is 32.1. The molecular formula is C13H15NO7S. The number of hydrogen-bond acceptors (Lipinski definition) is 6. The Morgan fingerprint density at radius 1 is 1.18 bits per heavy atom. The minimum Gasteiger partial charge on any atom is -0.481 e. The molecule has 0 radical (unpaired) electrons. The number of carbonyl (C=O) groups is 4. The predicted octanol–water partition coefficient (Wildman–Crippen LogP) is 1.73. The molecule has 3 N–H and O–H groups in total. The Bertz CT molecular complexity index is 620. The molecule has 9 heteroatoms. The van der Waals surface area contributed by atoms with E-state index in [0.717, 1.165) is 11.3 Å². The Kier molecular flexibility index (Phi) is 6.05. The first-order valence-corrected chi connectivity index (χ1v) is 7.15. The Morgan fingerprint density at radius 2 is 1.82 bits per heavy atom. The molecule has 0 aliphatic carbocycles. The van der Waals surface area contributed by atoms with Gasteiger partial charge in [-0.2, -0.15) is 0 Å². The number of aliphatic carboxylic acids is 1. The predicted molar refractivity (Wildman–Crippen MR) is 77.5 cm³/mol. The van der Waals surface area contributed by atoms with Crippen LogP contribution in [-0.4, -0.2) is 40.6 Å². The molecule has 0 atom stereocenters. The SMILES string of the molecule is CCOC(=O)c1c(NC(=O)CCC(=O)O)sc(C(=O)O)c1C. The molecule has 1 amide bonds. The first-order valence-electron chi connectivity index (χ1n) is 6.33. The van der Waals surface area contributed by atoms with E-state index < -0.39 is 23.8 Å². The van der Waals surface area contributed by atoms with E-state index in [1.807, 2.05) is 0 Å². The molecule has 0 saturated carbocycles. The molecule has 0 saturated heterocycles. The third-order valence-corrected chi connectivity index (χ3v) is 3.83. The van der Waals surface area contributed by atoms with E-state index >= 15 is 0 Å². The van der Waals surface area contributed by atoms with Gasteiger partial charge in [0.2, 0.25) is 5.91 Å². The highest BCUT2D eigenvalue weighted by molar-refractivity contribution is 7.18. The van der Waals surface area contributed by atoms with Crippen molar-refractivity contribution in [1.82, 2.24) is 0 Å². The summed E-state index contributed by atoms with van der Waals surface area (Å²) in [5, 5.41) is 20.0. The molecule has 0 aromatic carbocycles. The molecule has 22 heavy (non-hydrogen) atoms. The summed E-state index contributed by atoms with van der Waals surface area (Å²) in [5.74, 6) is -3.71. The third kappa shape index (κ3) is 4.29. The van der Waals surface area contributed by atoms with Crippen LogP contribution >= 0.6 is 11.3 Å². The number of aromatic carboxylic acids is 1. The van der Waals surface area contributed by atoms with Crippen LogP contribution in [0.4, 0.5) is 5.00 Å². The van der Waals surface area contributed by atoms with Crippen LogP contribution in [0.5, 0.6) is 0 Å². The van der Waals surface area contributed by atoms with Gasteiger partial charge in [-0.3, -0.25) is 9.59 Å². The standard InChI is InChI=1S/C13H15NO7S/c1-3-21-13(20)9-6(2)10(12(18)19)22-11(9)14-7(15)4-5-8(16)17/h3-5H2,1-2H3,(H,14,15)(H,16,17)(H,18,19). The van der Waals surface area contributed by atoms with Crippen molar-refractivity contribution in [1.29, 1.82) is 0 Å². The van der Waals surface area contributed by atoms with E-state index in [1.165, 1.54) is 6.92 Å². The van der Waals surface area contributed by atoms with Crippen LogP contribution in [0, 0.1) is 6.92 Å². The lowest BCUT2D eigenvalue weighted by atomic mass is 10.1. The van der Waals surface area contributed by atoms with E-state index in [1.54, 1.807) is 6.92 Å². The van der Waals surface area contributed by atoms with Crippen molar-refractivity contribution >= 4 is 40.2 Å². The lowest BCUT2D eigenvalue weighted by Crippen LogP contribution is -2.15. The van der Waals surface area contributed by atoms with Crippen LogP contribution < -0.4 is 5.32 Å². The number of carboxylic acid groups (broad SMARTS) is 2. The average molecular weight is 329 g/mol. The molecular weight excluding hydrogens is 314 g/mol. The Hall–Kier alpha value is -2.42. The van der Waals surface area contributed by atoms with Gasteiger partial charge in [-0.25, -0.2) is 9.59 Å². The molecule has 0 fully saturated rings. The van der Waals surface area contributed by atoms with E-state index in [2.05, 4.69) is 5.32 Å². The summed E-state index contributed by atoms with van der Waals surface area (Å²) in [6.45, 7) is 3.14. The zero-order chi connectivity index (χ0) is 16.9. The Labute approximate surface area is 129 Å². The topological polar surface area (TPSA) is 130 Å². The van der Waals surface area contributed by atoms with Crippen LogP contribution in [-0.2, 0) is 14.3 Å². The number of nitrogens with one attached hydrogen (secondary N) is 1. The number of rotatable bonds is 7. The van der Waals surface area contributed by atoms with Gasteiger partial charge in [0.1, 0.15) is 9.88 Å². The molecule has 1 heterocycles. The second-order valence-corrected chi connectivity index (χ2v) is 5.25. The van der Waals surface area contributed by atoms with Gasteiger partial charge >= 0.3 is 17.9 Å². The highest BCUT2D eigenvalue weighted by Gasteiger charge is 2.26. The van der Waals surface area contributed by atoms with Gasteiger partial charge in [0.25, 0.3) is 0 Å². The maximum atomic E-state index is 11.9. The first-order chi connectivity index (χ1) is 10.3. The summed E-state index contributed by atoms with van der Waals surface area (Å²) >= 11 is 0.731. The molecule has 8 nitrogen and oxygen atoms in total. The van der Waals surface area contributed by atoms with E-state index in [4.69, 9.17) is 14.9 Å². The van der Waals surface area contributed by atoms with Gasteiger partial charge in [-0.1, -0.05) is 0 Å². The Balaban J connectivity index is 3.08. The van der Waals surface area contributed by atoms with Crippen LogP contribution in [0.2, 0.25) is 0 Å². The lowest BCUT2D eigenvalue weighted by molar-refractivity contribution is -0.138. The largest absolute Gasteiger partial charge is 0.481 e. The van der Waals surface area contributed by atoms with Gasteiger partial charge < -0.3 is 20.3 Å². The maximum Gasteiger partial charge on any atom is 0.346 e.